The quantitative estimate of drug-likeness (QED) is 0.874. The van der Waals surface area contributed by atoms with Gasteiger partial charge in [-0.2, -0.15) is 0 Å². The number of rotatable bonds is 2. The lowest BCUT2D eigenvalue weighted by molar-refractivity contribution is 0.0685. The van der Waals surface area contributed by atoms with Crippen LogP contribution < -0.4 is 9.47 Å². The number of hydrogen-bond acceptors (Lipinski definition) is 5. The summed E-state index contributed by atoms with van der Waals surface area (Å²) in [7, 11) is 0. The van der Waals surface area contributed by atoms with Gasteiger partial charge < -0.3 is 19.1 Å². The third-order valence-corrected chi connectivity index (χ3v) is 2.76. The van der Waals surface area contributed by atoms with Crippen molar-refractivity contribution >= 4 is 5.97 Å². The summed E-state index contributed by atoms with van der Waals surface area (Å²) in [6.07, 6.45) is 0. The molecule has 0 radical (unpaired) electrons. The van der Waals surface area contributed by atoms with E-state index in [1.165, 1.54) is 0 Å². The van der Waals surface area contributed by atoms with E-state index in [-0.39, 0.29) is 12.5 Å². The second-order valence-corrected chi connectivity index (χ2v) is 3.86. The summed E-state index contributed by atoms with van der Waals surface area (Å²) >= 11 is 0. The summed E-state index contributed by atoms with van der Waals surface area (Å²) in [6, 6.07) is 5.26. The van der Waals surface area contributed by atoms with Gasteiger partial charge in [0, 0.05) is 11.1 Å². The van der Waals surface area contributed by atoms with Gasteiger partial charge in [-0.1, -0.05) is 5.16 Å². The van der Waals surface area contributed by atoms with Crippen molar-refractivity contribution < 1.29 is 23.9 Å². The summed E-state index contributed by atoms with van der Waals surface area (Å²) in [5.41, 5.74) is 1.11. The van der Waals surface area contributed by atoms with E-state index in [0.29, 0.717) is 28.4 Å². The molecule has 18 heavy (non-hydrogen) atoms. The summed E-state index contributed by atoms with van der Waals surface area (Å²) in [5, 5.41) is 12.5. The Morgan fingerprint density at radius 3 is 2.83 bits per heavy atom. The van der Waals surface area contributed by atoms with Crippen molar-refractivity contribution in [1.82, 2.24) is 5.16 Å². The smallest absolute Gasteiger partial charge is 0.358 e. The minimum Gasteiger partial charge on any atom is -0.476 e. The van der Waals surface area contributed by atoms with Crippen LogP contribution in [0.3, 0.4) is 0 Å². The molecule has 0 unspecified atom stereocenters. The summed E-state index contributed by atoms with van der Waals surface area (Å²) in [4.78, 5) is 10.9. The van der Waals surface area contributed by atoms with Crippen LogP contribution in [0, 0.1) is 6.92 Å². The van der Waals surface area contributed by atoms with Gasteiger partial charge in [-0.3, -0.25) is 0 Å². The Hall–Kier alpha value is -2.50. The van der Waals surface area contributed by atoms with Gasteiger partial charge in [-0.05, 0) is 25.1 Å². The van der Waals surface area contributed by atoms with Crippen LogP contribution in [0.5, 0.6) is 11.5 Å². The van der Waals surface area contributed by atoms with Crippen LogP contribution in [-0.4, -0.2) is 23.0 Å². The van der Waals surface area contributed by atoms with Crippen molar-refractivity contribution in [2.45, 2.75) is 6.92 Å². The molecule has 6 heteroatoms. The fraction of sp³-hybridized carbons (Fsp3) is 0.167. The predicted molar refractivity (Wildman–Crippen MR) is 59.8 cm³/mol. The first-order chi connectivity index (χ1) is 8.66. The van der Waals surface area contributed by atoms with Gasteiger partial charge in [0.15, 0.2) is 23.0 Å². The number of carboxylic acid groups (broad SMARTS) is 1. The molecule has 1 N–H and O–H groups in total. The summed E-state index contributed by atoms with van der Waals surface area (Å²) in [5.74, 6) is 0.587. The van der Waals surface area contributed by atoms with Gasteiger partial charge in [0.05, 0.1) is 0 Å². The number of aromatic nitrogens is 1. The highest BCUT2D eigenvalue weighted by atomic mass is 16.7. The molecule has 0 saturated heterocycles. The van der Waals surface area contributed by atoms with E-state index < -0.39 is 5.97 Å². The van der Waals surface area contributed by atoms with Crippen LogP contribution in [-0.2, 0) is 0 Å². The third-order valence-electron chi connectivity index (χ3n) is 2.76. The molecule has 0 saturated carbocycles. The Kier molecular flexibility index (Phi) is 2.22. The van der Waals surface area contributed by atoms with E-state index in [1.807, 2.05) is 0 Å². The van der Waals surface area contributed by atoms with Crippen molar-refractivity contribution in [3.8, 4) is 22.8 Å². The second kappa shape index (κ2) is 3.76. The maximum absolute atomic E-state index is 10.9. The fourth-order valence-corrected chi connectivity index (χ4v) is 1.84. The third kappa shape index (κ3) is 1.50. The van der Waals surface area contributed by atoms with E-state index in [2.05, 4.69) is 5.16 Å². The predicted octanol–water partition coefficient (Wildman–Crippen LogP) is 2.08. The van der Waals surface area contributed by atoms with Gasteiger partial charge in [-0.25, -0.2) is 4.79 Å². The fourth-order valence-electron chi connectivity index (χ4n) is 1.84. The highest BCUT2D eigenvalue weighted by Crippen LogP contribution is 2.37. The van der Waals surface area contributed by atoms with E-state index in [0.717, 1.165) is 0 Å². The molecule has 92 valence electrons. The number of aromatic carboxylic acids is 1. The molecule has 1 aromatic heterocycles. The second-order valence-electron chi connectivity index (χ2n) is 3.86. The highest BCUT2D eigenvalue weighted by Gasteiger charge is 2.21. The normalized spacial score (nSPS) is 12.7. The number of carboxylic acids is 1. The molecular weight excluding hydrogens is 238 g/mol. The van der Waals surface area contributed by atoms with Crippen molar-refractivity contribution in [3.05, 3.63) is 29.5 Å². The number of nitrogens with zero attached hydrogens (tertiary/aromatic N) is 1. The van der Waals surface area contributed by atoms with Crippen LogP contribution in [0.4, 0.5) is 0 Å². The largest absolute Gasteiger partial charge is 0.476 e. The average molecular weight is 247 g/mol. The van der Waals surface area contributed by atoms with Crippen LogP contribution in [0.2, 0.25) is 0 Å². The van der Waals surface area contributed by atoms with Crippen molar-refractivity contribution in [2.24, 2.45) is 0 Å². The van der Waals surface area contributed by atoms with E-state index in [4.69, 9.17) is 19.1 Å². The van der Waals surface area contributed by atoms with Gasteiger partial charge >= 0.3 is 5.97 Å². The van der Waals surface area contributed by atoms with Crippen molar-refractivity contribution in [2.75, 3.05) is 6.79 Å². The summed E-state index contributed by atoms with van der Waals surface area (Å²) < 4.78 is 15.5. The number of hydrogen-bond donors (Lipinski definition) is 1. The van der Waals surface area contributed by atoms with Crippen LogP contribution >= 0.6 is 0 Å². The molecular formula is C12H9NO5. The number of carbonyl (C=O) groups is 1. The molecule has 1 aliphatic rings. The van der Waals surface area contributed by atoms with Gasteiger partial charge in [0.2, 0.25) is 6.79 Å². The maximum atomic E-state index is 10.9. The molecule has 1 aromatic carbocycles. The van der Waals surface area contributed by atoms with E-state index in [9.17, 15) is 4.79 Å². The lowest BCUT2D eigenvalue weighted by atomic mass is 10.1. The average Bonchev–Trinajstić information content (AvgIpc) is 2.93. The van der Waals surface area contributed by atoms with Crippen molar-refractivity contribution in [3.63, 3.8) is 0 Å². The van der Waals surface area contributed by atoms with E-state index in [1.54, 1.807) is 25.1 Å². The SMILES string of the molecule is Cc1c(C(=O)O)noc1-c1ccc2c(c1)OCO2. The minimum absolute atomic E-state index is 0.0809. The standard InChI is InChI=1S/C12H9NO5/c1-6-10(12(14)15)13-18-11(6)7-2-3-8-9(4-7)17-5-16-8/h2-4H,5H2,1H3,(H,14,15). The Labute approximate surface area is 102 Å². The molecule has 0 amide bonds. The van der Waals surface area contributed by atoms with E-state index >= 15 is 0 Å². The topological polar surface area (TPSA) is 81.8 Å². The molecule has 0 atom stereocenters. The lowest BCUT2D eigenvalue weighted by Gasteiger charge is -2.00. The Morgan fingerprint density at radius 1 is 1.33 bits per heavy atom. The lowest BCUT2D eigenvalue weighted by Crippen LogP contribution is -1.98. The molecule has 0 bridgehead atoms. The van der Waals surface area contributed by atoms with Gasteiger partial charge in [0.1, 0.15) is 0 Å². The number of fused-ring (bicyclic) bond motifs is 1. The molecule has 0 aliphatic carbocycles. The van der Waals surface area contributed by atoms with Crippen LogP contribution in [0.25, 0.3) is 11.3 Å². The zero-order valence-electron chi connectivity index (χ0n) is 9.47. The minimum atomic E-state index is -1.11. The molecule has 2 heterocycles. The molecule has 1 aliphatic heterocycles. The monoisotopic (exact) mass is 247 g/mol. The van der Waals surface area contributed by atoms with Crippen LogP contribution in [0.15, 0.2) is 22.7 Å². The maximum Gasteiger partial charge on any atom is 0.358 e. The zero-order valence-corrected chi connectivity index (χ0v) is 9.47. The van der Waals surface area contributed by atoms with Crippen molar-refractivity contribution in [1.29, 1.82) is 0 Å². The van der Waals surface area contributed by atoms with Crippen LogP contribution in [0.1, 0.15) is 16.1 Å². The molecule has 2 aromatic rings. The van der Waals surface area contributed by atoms with Gasteiger partial charge in [-0.15, -0.1) is 0 Å². The Bertz CT molecular complexity index is 631. The zero-order chi connectivity index (χ0) is 12.7. The number of ether oxygens (including phenoxy) is 2. The molecule has 6 nitrogen and oxygen atoms in total. The Morgan fingerprint density at radius 2 is 2.11 bits per heavy atom. The molecule has 0 fully saturated rings. The first-order valence-corrected chi connectivity index (χ1v) is 5.26. The first kappa shape index (κ1) is 10.6. The Balaban J connectivity index is 2.07. The number of benzene rings is 1. The summed E-state index contributed by atoms with van der Waals surface area (Å²) in [6.45, 7) is 1.84. The highest BCUT2D eigenvalue weighted by molar-refractivity contribution is 5.89. The van der Waals surface area contributed by atoms with Gasteiger partial charge in [0.25, 0.3) is 0 Å². The molecule has 3 rings (SSSR count). The molecule has 0 spiro atoms. The first-order valence-electron chi connectivity index (χ1n) is 5.26.